The molecule has 30 heavy (non-hydrogen) atoms. The highest BCUT2D eigenvalue weighted by molar-refractivity contribution is 9.10. The second-order valence-electron chi connectivity index (χ2n) is 6.46. The summed E-state index contributed by atoms with van der Waals surface area (Å²) >= 11 is 3.48. The van der Waals surface area contributed by atoms with E-state index in [0.717, 1.165) is 32.4 Å². The van der Waals surface area contributed by atoms with Crippen LogP contribution in [-0.2, 0) is 0 Å². The van der Waals surface area contributed by atoms with E-state index < -0.39 is 0 Å². The molecule has 1 aromatic heterocycles. The number of methoxy groups -OCH3 is 3. The molecule has 0 amide bonds. The van der Waals surface area contributed by atoms with Crippen LogP contribution in [0.25, 0.3) is 22.3 Å². The van der Waals surface area contributed by atoms with Gasteiger partial charge in [-0.2, -0.15) is 0 Å². The fourth-order valence-electron chi connectivity index (χ4n) is 3.15. The van der Waals surface area contributed by atoms with Crippen molar-refractivity contribution in [3.05, 3.63) is 65.1 Å². The first-order valence-corrected chi connectivity index (χ1v) is 10.0. The lowest BCUT2D eigenvalue weighted by molar-refractivity contribution is 0.355. The first-order valence-electron chi connectivity index (χ1n) is 9.22. The number of halogens is 1. The van der Waals surface area contributed by atoms with Crippen LogP contribution in [0, 0.1) is 0 Å². The topological polar surface area (TPSA) is 65.5 Å². The zero-order valence-electron chi connectivity index (χ0n) is 16.8. The molecule has 0 saturated heterocycles. The second-order valence-corrected chi connectivity index (χ2v) is 7.31. The molecule has 6 nitrogen and oxygen atoms in total. The molecule has 0 fully saturated rings. The largest absolute Gasteiger partial charge is 0.495 e. The summed E-state index contributed by atoms with van der Waals surface area (Å²) in [5.41, 5.74) is 2.52. The summed E-state index contributed by atoms with van der Waals surface area (Å²) in [4.78, 5) is 9.55. The second kappa shape index (κ2) is 8.59. The van der Waals surface area contributed by atoms with Gasteiger partial charge in [0.15, 0.2) is 17.3 Å². The smallest absolute Gasteiger partial charge is 0.162 e. The molecule has 1 heterocycles. The minimum Gasteiger partial charge on any atom is -0.495 e. The molecule has 3 aromatic carbocycles. The lowest BCUT2D eigenvalue weighted by atomic mass is 10.1. The van der Waals surface area contributed by atoms with Crippen LogP contribution in [0.15, 0.2) is 65.1 Å². The van der Waals surface area contributed by atoms with Gasteiger partial charge >= 0.3 is 0 Å². The van der Waals surface area contributed by atoms with Crippen LogP contribution < -0.4 is 19.5 Å². The Bertz CT molecular complexity index is 1210. The van der Waals surface area contributed by atoms with Crippen molar-refractivity contribution in [2.24, 2.45) is 0 Å². The van der Waals surface area contributed by atoms with Gasteiger partial charge in [0, 0.05) is 22.7 Å². The maximum Gasteiger partial charge on any atom is 0.162 e. The van der Waals surface area contributed by atoms with Gasteiger partial charge in [-0.05, 0) is 58.4 Å². The molecule has 152 valence electrons. The van der Waals surface area contributed by atoms with Crippen LogP contribution in [0.4, 0.5) is 11.5 Å². The minimum absolute atomic E-state index is 0.584. The third kappa shape index (κ3) is 3.89. The quantitative estimate of drug-likeness (QED) is 0.386. The van der Waals surface area contributed by atoms with Gasteiger partial charge in [-0.3, -0.25) is 0 Å². The van der Waals surface area contributed by atoms with Crippen molar-refractivity contribution in [2.45, 2.75) is 0 Å². The zero-order chi connectivity index (χ0) is 21.1. The van der Waals surface area contributed by atoms with Crippen LogP contribution in [0.5, 0.6) is 17.2 Å². The summed E-state index contributed by atoms with van der Waals surface area (Å²) in [5, 5.41) is 4.32. The van der Waals surface area contributed by atoms with Gasteiger partial charge in [0.1, 0.15) is 11.6 Å². The summed E-state index contributed by atoms with van der Waals surface area (Å²) in [7, 11) is 4.86. The number of nitrogens with zero attached hydrogens (tertiary/aromatic N) is 2. The number of anilines is 2. The van der Waals surface area contributed by atoms with Gasteiger partial charge in [-0.1, -0.05) is 12.1 Å². The van der Waals surface area contributed by atoms with E-state index in [1.165, 1.54) is 0 Å². The minimum atomic E-state index is 0.584. The van der Waals surface area contributed by atoms with E-state index in [-0.39, 0.29) is 0 Å². The Kier molecular flexibility index (Phi) is 5.72. The summed E-state index contributed by atoms with van der Waals surface area (Å²) in [6.07, 6.45) is 0. The van der Waals surface area contributed by atoms with Crippen LogP contribution in [0.2, 0.25) is 0 Å². The van der Waals surface area contributed by atoms with Gasteiger partial charge in [0.2, 0.25) is 0 Å². The lowest BCUT2D eigenvalue weighted by Crippen LogP contribution is -2.00. The fourth-order valence-corrected chi connectivity index (χ4v) is 3.56. The number of hydrogen-bond donors (Lipinski definition) is 1. The van der Waals surface area contributed by atoms with Crippen molar-refractivity contribution in [1.29, 1.82) is 0 Å². The van der Waals surface area contributed by atoms with Crippen molar-refractivity contribution < 1.29 is 14.2 Å². The highest BCUT2D eigenvalue weighted by Gasteiger charge is 2.13. The number of benzene rings is 3. The number of rotatable bonds is 6. The molecule has 0 aliphatic heterocycles. The van der Waals surface area contributed by atoms with Crippen LogP contribution >= 0.6 is 15.9 Å². The standard InChI is InChI=1S/C23H20BrN3O3/c1-28-19-11-8-14(12-21(19)30-3)22-26-18-7-5-4-6-16(18)23(27-22)25-15-9-10-17(24)20(13-15)29-2/h4-13H,1-3H3,(H,25,26,27). The Balaban J connectivity index is 1.82. The predicted molar refractivity (Wildman–Crippen MR) is 122 cm³/mol. The lowest BCUT2D eigenvalue weighted by Gasteiger charge is -2.13. The molecule has 0 aliphatic carbocycles. The van der Waals surface area contributed by atoms with E-state index in [2.05, 4.69) is 21.2 Å². The van der Waals surface area contributed by atoms with Crippen molar-refractivity contribution in [1.82, 2.24) is 9.97 Å². The number of nitrogens with one attached hydrogen (secondary N) is 1. The number of aromatic nitrogens is 2. The predicted octanol–water partition coefficient (Wildman–Crippen LogP) is 5.83. The van der Waals surface area contributed by atoms with Gasteiger partial charge in [0.25, 0.3) is 0 Å². The number of para-hydroxylation sites is 1. The highest BCUT2D eigenvalue weighted by Crippen LogP contribution is 2.34. The van der Waals surface area contributed by atoms with Crippen molar-refractivity contribution >= 4 is 38.3 Å². The third-order valence-corrected chi connectivity index (χ3v) is 5.31. The summed E-state index contributed by atoms with van der Waals surface area (Å²) in [6.45, 7) is 0. The molecule has 0 unspecified atom stereocenters. The maximum absolute atomic E-state index is 5.43. The highest BCUT2D eigenvalue weighted by atomic mass is 79.9. The SMILES string of the molecule is COc1cc(Nc2nc(-c3ccc(OC)c(OC)c3)nc3ccccc23)ccc1Br. The van der Waals surface area contributed by atoms with E-state index >= 15 is 0 Å². The van der Waals surface area contributed by atoms with Crippen LogP contribution in [0.3, 0.4) is 0 Å². The summed E-state index contributed by atoms with van der Waals surface area (Å²) < 4.78 is 17.1. The Morgan fingerprint density at radius 3 is 2.30 bits per heavy atom. The van der Waals surface area contributed by atoms with E-state index in [9.17, 15) is 0 Å². The summed E-state index contributed by atoms with van der Waals surface area (Å²) in [5.74, 6) is 3.30. The maximum atomic E-state index is 5.43. The zero-order valence-corrected chi connectivity index (χ0v) is 18.4. The molecule has 0 bridgehead atoms. The van der Waals surface area contributed by atoms with E-state index in [1.54, 1.807) is 21.3 Å². The number of fused-ring (bicyclic) bond motifs is 1. The normalized spacial score (nSPS) is 10.7. The molecule has 4 aromatic rings. The number of ether oxygens (including phenoxy) is 3. The first kappa shape index (κ1) is 20.0. The average Bonchev–Trinajstić information content (AvgIpc) is 2.79. The molecule has 7 heteroatoms. The molecule has 0 saturated carbocycles. The van der Waals surface area contributed by atoms with Gasteiger partial charge in [-0.15, -0.1) is 0 Å². The Morgan fingerprint density at radius 2 is 1.53 bits per heavy atom. The molecule has 0 atom stereocenters. The van der Waals surface area contributed by atoms with Crippen molar-refractivity contribution in [2.75, 3.05) is 26.6 Å². The molecular weight excluding hydrogens is 446 g/mol. The van der Waals surface area contributed by atoms with E-state index in [0.29, 0.717) is 23.1 Å². The average molecular weight is 466 g/mol. The Hall–Kier alpha value is -3.32. The fraction of sp³-hybridized carbons (Fsp3) is 0.130. The van der Waals surface area contributed by atoms with Crippen LogP contribution in [0.1, 0.15) is 0 Å². The Labute approximate surface area is 183 Å². The summed E-state index contributed by atoms with van der Waals surface area (Å²) in [6, 6.07) is 19.3. The molecule has 0 radical (unpaired) electrons. The third-order valence-electron chi connectivity index (χ3n) is 4.66. The van der Waals surface area contributed by atoms with Crippen LogP contribution in [-0.4, -0.2) is 31.3 Å². The van der Waals surface area contributed by atoms with Crippen molar-refractivity contribution in [3.8, 4) is 28.6 Å². The number of hydrogen-bond acceptors (Lipinski definition) is 6. The van der Waals surface area contributed by atoms with E-state index in [4.69, 9.17) is 24.2 Å². The molecule has 4 rings (SSSR count). The molecule has 1 N–H and O–H groups in total. The Morgan fingerprint density at radius 1 is 0.767 bits per heavy atom. The first-order chi connectivity index (χ1) is 14.6. The van der Waals surface area contributed by atoms with Gasteiger partial charge in [0.05, 0.1) is 31.3 Å². The molecule has 0 spiro atoms. The van der Waals surface area contributed by atoms with Gasteiger partial charge in [-0.25, -0.2) is 9.97 Å². The molecular formula is C23H20BrN3O3. The monoisotopic (exact) mass is 465 g/mol. The van der Waals surface area contributed by atoms with E-state index in [1.807, 2.05) is 60.7 Å². The van der Waals surface area contributed by atoms with Gasteiger partial charge < -0.3 is 19.5 Å². The van der Waals surface area contributed by atoms with Crippen molar-refractivity contribution in [3.63, 3.8) is 0 Å². The molecule has 0 aliphatic rings.